The van der Waals surface area contributed by atoms with E-state index in [-0.39, 0.29) is 11.3 Å². The topological polar surface area (TPSA) is 51.2 Å². The fourth-order valence-electron chi connectivity index (χ4n) is 1.52. The number of hydrogen-bond donors (Lipinski definition) is 1. The van der Waals surface area contributed by atoms with E-state index in [1.54, 1.807) is 12.1 Å². The van der Waals surface area contributed by atoms with Crippen LogP contribution in [0.2, 0.25) is 0 Å². The molecule has 0 spiro atoms. The molecule has 0 atom stereocenters. The number of rotatable bonds is 3. The smallest absolute Gasteiger partial charge is 0.263 e. The van der Waals surface area contributed by atoms with E-state index >= 15 is 0 Å². The SMILES string of the molecule is COc1cccc(F)c1C(=O)Nc1ccc(Br)cn1. The summed E-state index contributed by atoms with van der Waals surface area (Å²) in [5, 5.41) is 2.51. The van der Waals surface area contributed by atoms with Gasteiger partial charge in [-0.15, -0.1) is 0 Å². The number of ether oxygens (including phenoxy) is 1. The molecule has 4 nitrogen and oxygen atoms in total. The van der Waals surface area contributed by atoms with Crippen LogP contribution in [0.25, 0.3) is 0 Å². The number of halogens is 2. The van der Waals surface area contributed by atoms with Gasteiger partial charge < -0.3 is 10.1 Å². The molecule has 0 aliphatic heterocycles. The Kier molecular flexibility index (Phi) is 4.11. The summed E-state index contributed by atoms with van der Waals surface area (Å²) in [6.45, 7) is 0. The van der Waals surface area contributed by atoms with E-state index in [1.807, 2.05) is 0 Å². The van der Waals surface area contributed by atoms with Crippen molar-refractivity contribution in [2.24, 2.45) is 0 Å². The zero-order valence-corrected chi connectivity index (χ0v) is 11.6. The van der Waals surface area contributed by atoms with Gasteiger partial charge in [0.2, 0.25) is 0 Å². The lowest BCUT2D eigenvalue weighted by molar-refractivity contribution is 0.101. The molecule has 0 fully saturated rings. The minimum absolute atomic E-state index is 0.144. The van der Waals surface area contributed by atoms with Gasteiger partial charge in [0, 0.05) is 10.7 Å². The number of benzene rings is 1. The number of methoxy groups -OCH3 is 1. The molecule has 1 aromatic heterocycles. The first kappa shape index (κ1) is 13.5. The Morgan fingerprint density at radius 3 is 2.79 bits per heavy atom. The van der Waals surface area contributed by atoms with Gasteiger partial charge in [-0.2, -0.15) is 0 Å². The van der Waals surface area contributed by atoms with Crippen LogP contribution in [0.15, 0.2) is 41.0 Å². The van der Waals surface area contributed by atoms with Crippen LogP contribution in [0.3, 0.4) is 0 Å². The van der Waals surface area contributed by atoms with Crippen molar-refractivity contribution in [3.8, 4) is 5.75 Å². The molecule has 0 unspecified atom stereocenters. The highest BCUT2D eigenvalue weighted by Crippen LogP contribution is 2.22. The maximum absolute atomic E-state index is 13.7. The second-order valence-electron chi connectivity index (χ2n) is 3.63. The van der Waals surface area contributed by atoms with Crippen molar-refractivity contribution in [3.05, 3.63) is 52.4 Å². The van der Waals surface area contributed by atoms with E-state index in [9.17, 15) is 9.18 Å². The van der Waals surface area contributed by atoms with Gasteiger partial charge in [0.25, 0.3) is 5.91 Å². The Balaban J connectivity index is 2.27. The minimum Gasteiger partial charge on any atom is -0.496 e. The third-order valence-electron chi connectivity index (χ3n) is 2.39. The molecule has 0 aliphatic carbocycles. The molecule has 98 valence electrons. The first-order valence-electron chi connectivity index (χ1n) is 5.37. The summed E-state index contributed by atoms with van der Waals surface area (Å²) in [7, 11) is 1.38. The third kappa shape index (κ3) is 3.08. The van der Waals surface area contributed by atoms with Crippen LogP contribution in [0.4, 0.5) is 10.2 Å². The molecule has 2 aromatic rings. The molecule has 1 heterocycles. The van der Waals surface area contributed by atoms with Crippen molar-refractivity contribution < 1.29 is 13.9 Å². The van der Waals surface area contributed by atoms with Gasteiger partial charge in [0.05, 0.1) is 7.11 Å². The van der Waals surface area contributed by atoms with E-state index < -0.39 is 11.7 Å². The van der Waals surface area contributed by atoms with Gasteiger partial charge >= 0.3 is 0 Å². The van der Waals surface area contributed by atoms with Crippen molar-refractivity contribution >= 4 is 27.7 Å². The van der Waals surface area contributed by atoms with Gasteiger partial charge in [-0.1, -0.05) is 6.07 Å². The zero-order chi connectivity index (χ0) is 13.8. The quantitative estimate of drug-likeness (QED) is 0.942. The highest BCUT2D eigenvalue weighted by atomic mass is 79.9. The van der Waals surface area contributed by atoms with Crippen molar-refractivity contribution in [2.75, 3.05) is 12.4 Å². The number of aromatic nitrogens is 1. The van der Waals surface area contributed by atoms with Crippen LogP contribution in [0, 0.1) is 5.82 Å². The fourth-order valence-corrected chi connectivity index (χ4v) is 1.76. The Morgan fingerprint density at radius 2 is 2.16 bits per heavy atom. The van der Waals surface area contributed by atoms with E-state index in [2.05, 4.69) is 26.2 Å². The largest absolute Gasteiger partial charge is 0.496 e. The summed E-state index contributed by atoms with van der Waals surface area (Å²) in [6.07, 6.45) is 1.54. The number of carbonyl (C=O) groups is 1. The highest BCUT2D eigenvalue weighted by Gasteiger charge is 2.17. The Bertz CT molecular complexity index is 602. The average molecular weight is 325 g/mol. The molecular weight excluding hydrogens is 315 g/mol. The first-order valence-corrected chi connectivity index (χ1v) is 6.16. The zero-order valence-electron chi connectivity index (χ0n) is 9.98. The summed E-state index contributed by atoms with van der Waals surface area (Å²) in [6, 6.07) is 7.53. The van der Waals surface area contributed by atoms with Gasteiger partial charge in [0.15, 0.2) is 0 Å². The van der Waals surface area contributed by atoms with Crippen LogP contribution in [0.1, 0.15) is 10.4 Å². The molecule has 1 N–H and O–H groups in total. The van der Waals surface area contributed by atoms with Crippen molar-refractivity contribution in [2.45, 2.75) is 0 Å². The van der Waals surface area contributed by atoms with E-state index in [0.29, 0.717) is 5.82 Å². The summed E-state index contributed by atoms with van der Waals surface area (Å²) in [5.41, 5.74) is -0.144. The summed E-state index contributed by atoms with van der Waals surface area (Å²) in [4.78, 5) is 16.0. The van der Waals surface area contributed by atoms with Crippen LogP contribution in [-0.2, 0) is 0 Å². The number of hydrogen-bond acceptors (Lipinski definition) is 3. The van der Waals surface area contributed by atoms with Crippen molar-refractivity contribution in [3.63, 3.8) is 0 Å². The Morgan fingerprint density at radius 1 is 1.37 bits per heavy atom. The maximum atomic E-state index is 13.7. The van der Waals surface area contributed by atoms with Crippen molar-refractivity contribution in [1.82, 2.24) is 4.98 Å². The van der Waals surface area contributed by atoms with Gasteiger partial charge in [-0.25, -0.2) is 9.37 Å². The lowest BCUT2D eigenvalue weighted by Gasteiger charge is -2.09. The molecule has 6 heteroatoms. The second kappa shape index (κ2) is 5.79. The molecular formula is C13H10BrFN2O2. The highest BCUT2D eigenvalue weighted by molar-refractivity contribution is 9.10. The molecule has 0 aliphatic rings. The standard InChI is InChI=1S/C13H10BrFN2O2/c1-19-10-4-2-3-9(15)12(10)13(18)17-11-6-5-8(14)7-16-11/h2-7H,1H3,(H,16,17,18). The fraction of sp³-hybridized carbons (Fsp3) is 0.0769. The number of carbonyl (C=O) groups excluding carboxylic acids is 1. The molecule has 1 aromatic carbocycles. The summed E-state index contributed by atoms with van der Waals surface area (Å²) < 4.78 is 19.4. The van der Waals surface area contributed by atoms with Crippen LogP contribution in [-0.4, -0.2) is 18.0 Å². The molecule has 1 amide bonds. The molecule has 0 bridgehead atoms. The van der Waals surface area contributed by atoms with Gasteiger partial charge in [0.1, 0.15) is 22.9 Å². The second-order valence-corrected chi connectivity index (χ2v) is 4.55. The molecule has 0 saturated heterocycles. The average Bonchev–Trinajstić information content (AvgIpc) is 2.40. The molecule has 0 radical (unpaired) electrons. The van der Waals surface area contributed by atoms with E-state index in [4.69, 9.17) is 4.74 Å². The number of pyridine rings is 1. The first-order chi connectivity index (χ1) is 9.11. The predicted molar refractivity (Wildman–Crippen MR) is 72.8 cm³/mol. The predicted octanol–water partition coefficient (Wildman–Crippen LogP) is 3.24. The lowest BCUT2D eigenvalue weighted by Crippen LogP contribution is -2.15. The summed E-state index contributed by atoms with van der Waals surface area (Å²) in [5.74, 6) is -0.744. The number of nitrogens with zero attached hydrogens (tertiary/aromatic N) is 1. The normalized spacial score (nSPS) is 10.1. The molecule has 19 heavy (non-hydrogen) atoms. The summed E-state index contributed by atoms with van der Waals surface area (Å²) >= 11 is 3.24. The molecule has 2 rings (SSSR count). The van der Waals surface area contributed by atoms with Gasteiger partial charge in [-0.3, -0.25) is 4.79 Å². The van der Waals surface area contributed by atoms with Crippen LogP contribution in [0.5, 0.6) is 5.75 Å². The number of nitrogens with one attached hydrogen (secondary N) is 1. The lowest BCUT2D eigenvalue weighted by atomic mass is 10.1. The van der Waals surface area contributed by atoms with Gasteiger partial charge in [-0.05, 0) is 40.2 Å². The maximum Gasteiger partial charge on any atom is 0.263 e. The van der Waals surface area contributed by atoms with Crippen LogP contribution < -0.4 is 10.1 Å². The third-order valence-corrected chi connectivity index (χ3v) is 2.86. The Hall–Kier alpha value is -1.95. The van der Waals surface area contributed by atoms with E-state index in [0.717, 1.165) is 4.47 Å². The molecule has 0 saturated carbocycles. The minimum atomic E-state index is -0.644. The number of amides is 1. The Labute approximate surface area is 117 Å². The van der Waals surface area contributed by atoms with Crippen LogP contribution >= 0.6 is 15.9 Å². The van der Waals surface area contributed by atoms with Crippen molar-refractivity contribution in [1.29, 1.82) is 0 Å². The monoisotopic (exact) mass is 324 g/mol. The van der Waals surface area contributed by atoms with E-state index in [1.165, 1.54) is 31.5 Å². The number of anilines is 1.